The number of hydrogen-bond donors (Lipinski definition) is 3. The second kappa shape index (κ2) is 4.19. The van der Waals surface area contributed by atoms with Crippen molar-refractivity contribution < 1.29 is 22.6 Å². The van der Waals surface area contributed by atoms with E-state index in [-0.39, 0.29) is 0 Å². The number of nitrogens with one attached hydrogen (secondary N) is 1. The summed E-state index contributed by atoms with van der Waals surface area (Å²) in [6.45, 7) is 1.10. The van der Waals surface area contributed by atoms with Crippen molar-refractivity contribution in [3.05, 3.63) is 0 Å². The van der Waals surface area contributed by atoms with Crippen LogP contribution < -0.4 is 11.1 Å². The average molecular weight is 210 g/mol. The maximum Gasteiger partial charge on any atom is 0.267 e. The lowest BCUT2D eigenvalue weighted by Crippen LogP contribution is -2.47. The number of hydrogen-bond acceptors (Lipinski definition) is 4. The normalized spacial score (nSPS) is 13.4. The van der Waals surface area contributed by atoms with Crippen molar-refractivity contribution in [3.63, 3.8) is 0 Å². The summed E-state index contributed by atoms with van der Waals surface area (Å²) in [6.07, 6.45) is 0. The van der Waals surface area contributed by atoms with Crippen LogP contribution in [0, 0.1) is 0 Å². The molecule has 1 unspecified atom stereocenters. The monoisotopic (exact) mass is 210 g/mol. The maximum absolute atomic E-state index is 10.5. The van der Waals surface area contributed by atoms with Gasteiger partial charge in [-0.05, 0) is 0 Å². The molecule has 0 heterocycles. The molecule has 0 aliphatic rings. The minimum absolute atomic E-state index is 0.604. The van der Waals surface area contributed by atoms with Gasteiger partial charge in [-0.3, -0.25) is 14.1 Å². The van der Waals surface area contributed by atoms with Gasteiger partial charge in [-0.2, -0.15) is 8.42 Å². The van der Waals surface area contributed by atoms with Crippen LogP contribution in [0.1, 0.15) is 6.92 Å². The fourth-order valence-electron chi connectivity index (χ4n) is 0.651. The zero-order valence-electron chi connectivity index (χ0n) is 6.85. The molecule has 0 aromatic heterocycles. The zero-order valence-corrected chi connectivity index (χ0v) is 7.67. The topological polar surface area (TPSA) is 127 Å². The van der Waals surface area contributed by atoms with Crippen LogP contribution in [0.3, 0.4) is 0 Å². The number of carbonyl (C=O) groups excluding carboxylic acids is 2. The Bertz CT molecular complexity index is 309. The van der Waals surface area contributed by atoms with E-state index in [4.69, 9.17) is 10.3 Å². The highest BCUT2D eigenvalue weighted by molar-refractivity contribution is 7.85. The van der Waals surface area contributed by atoms with Gasteiger partial charge in [0.25, 0.3) is 10.1 Å². The van der Waals surface area contributed by atoms with Gasteiger partial charge < -0.3 is 11.1 Å². The third-order valence-electron chi connectivity index (χ3n) is 1.10. The molecule has 0 radical (unpaired) electrons. The summed E-state index contributed by atoms with van der Waals surface area (Å²) in [5, 5.41) is 1.98. The van der Waals surface area contributed by atoms with Gasteiger partial charge in [0.2, 0.25) is 11.8 Å². The summed E-state index contributed by atoms with van der Waals surface area (Å²) in [5.41, 5.74) is 4.76. The fraction of sp³-hybridized carbons (Fsp3) is 0.600. The van der Waals surface area contributed by atoms with Crippen LogP contribution in [0.4, 0.5) is 0 Å². The molecule has 76 valence electrons. The summed E-state index contributed by atoms with van der Waals surface area (Å²) < 4.78 is 29.0. The Balaban J connectivity index is 4.45. The molecular formula is C5H10N2O5S. The van der Waals surface area contributed by atoms with Crippen molar-refractivity contribution in [2.45, 2.75) is 13.0 Å². The summed E-state index contributed by atoms with van der Waals surface area (Å²) in [7, 11) is -4.33. The highest BCUT2D eigenvalue weighted by Gasteiger charge is 2.22. The summed E-state index contributed by atoms with van der Waals surface area (Å²) in [6, 6.07) is -1.40. The second-order valence-corrected chi connectivity index (χ2v) is 3.90. The lowest BCUT2D eigenvalue weighted by molar-refractivity contribution is -0.125. The minimum Gasteiger partial charge on any atom is -0.368 e. The fourth-order valence-corrected chi connectivity index (χ4v) is 1.32. The van der Waals surface area contributed by atoms with Crippen LogP contribution in [0.25, 0.3) is 0 Å². The Morgan fingerprint density at radius 3 is 2.23 bits per heavy atom. The highest BCUT2D eigenvalue weighted by Crippen LogP contribution is 1.90. The number of primary amides is 1. The largest absolute Gasteiger partial charge is 0.368 e. The Labute approximate surface area is 75.0 Å². The van der Waals surface area contributed by atoms with Gasteiger partial charge in [-0.15, -0.1) is 0 Å². The molecule has 4 N–H and O–H groups in total. The molecule has 0 aromatic carbocycles. The molecule has 0 aromatic rings. The van der Waals surface area contributed by atoms with Gasteiger partial charge in [0.05, 0.1) is 0 Å². The first-order valence-electron chi connectivity index (χ1n) is 3.24. The van der Waals surface area contributed by atoms with E-state index in [1.807, 2.05) is 5.32 Å². The zero-order chi connectivity index (χ0) is 10.6. The molecule has 1 atom stereocenters. The van der Waals surface area contributed by atoms with Crippen LogP contribution in [-0.2, 0) is 19.7 Å². The van der Waals surface area contributed by atoms with Gasteiger partial charge in [0.15, 0.2) is 0 Å². The average Bonchev–Trinajstić information content (AvgIpc) is 1.81. The van der Waals surface area contributed by atoms with Crippen molar-refractivity contribution >= 4 is 21.9 Å². The number of amides is 2. The summed E-state index contributed by atoms with van der Waals surface area (Å²) in [4.78, 5) is 21.0. The molecule has 0 spiro atoms. The Kier molecular flexibility index (Phi) is 3.82. The van der Waals surface area contributed by atoms with Crippen molar-refractivity contribution in [3.8, 4) is 0 Å². The SMILES string of the molecule is CC(=O)NC(CS(=O)(=O)O)C(N)=O. The van der Waals surface area contributed by atoms with E-state index < -0.39 is 33.7 Å². The van der Waals surface area contributed by atoms with E-state index in [0.717, 1.165) is 6.92 Å². The first-order valence-corrected chi connectivity index (χ1v) is 4.85. The molecule has 13 heavy (non-hydrogen) atoms. The van der Waals surface area contributed by atoms with Crippen LogP contribution in [0.5, 0.6) is 0 Å². The molecule has 0 saturated heterocycles. The molecule has 0 aliphatic carbocycles. The standard InChI is InChI=1S/C5H10N2O5S/c1-3(8)7-4(5(6)9)2-13(10,11)12/h4H,2H2,1H3,(H2,6,9)(H,7,8)(H,10,11,12). The van der Waals surface area contributed by atoms with E-state index in [2.05, 4.69) is 0 Å². The molecule has 0 saturated carbocycles. The van der Waals surface area contributed by atoms with E-state index in [1.54, 1.807) is 0 Å². The molecule has 8 heteroatoms. The minimum atomic E-state index is -4.33. The van der Waals surface area contributed by atoms with Gasteiger partial charge in [-0.25, -0.2) is 0 Å². The number of carbonyl (C=O) groups is 2. The smallest absolute Gasteiger partial charge is 0.267 e. The first-order chi connectivity index (χ1) is 5.72. The molecule has 0 rings (SSSR count). The van der Waals surface area contributed by atoms with Crippen LogP contribution in [0.2, 0.25) is 0 Å². The molecule has 0 fully saturated rings. The van der Waals surface area contributed by atoms with Crippen molar-refractivity contribution in [2.24, 2.45) is 5.73 Å². The maximum atomic E-state index is 10.5. The van der Waals surface area contributed by atoms with Crippen LogP contribution >= 0.6 is 0 Å². The van der Waals surface area contributed by atoms with Gasteiger partial charge >= 0.3 is 0 Å². The Morgan fingerprint density at radius 1 is 1.54 bits per heavy atom. The molecule has 0 bridgehead atoms. The molecule has 2 amide bonds. The predicted molar refractivity (Wildman–Crippen MR) is 43.2 cm³/mol. The summed E-state index contributed by atoms with van der Waals surface area (Å²) >= 11 is 0. The molecule has 7 nitrogen and oxygen atoms in total. The quantitative estimate of drug-likeness (QED) is 0.456. The van der Waals surface area contributed by atoms with Gasteiger partial charge in [0, 0.05) is 6.92 Å². The van der Waals surface area contributed by atoms with E-state index >= 15 is 0 Å². The molecule has 0 aliphatic heterocycles. The summed E-state index contributed by atoms with van der Waals surface area (Å²) in [5.74, 6) is -2.54. The Morgan fingerprint density at radius 2 is 2.00 bits per heavy atom. The highest BCUT2D eigenvalue weighted by atomic mass is 32.2. The van der Waals surface area contributed by atoms with E-state index in [0.29, 0.717) is 0 Å². The van der Waals surface area contributed by atoms with Crippen LogP contribution in [-0.4, -0.2) is 36.6 Å². The van der Waals surface area contributed by atoms with E-state index in [1.165, 1.54) is 0 Å². The predicted octanol–water partition coefficient (Wildman–Crippen LogP) is -2.14. The second-order valence-electron chi connectivity index (χ2n) is 2.40. The number of nitrogens with two attached hydrogens (primary N) is 1. The molecular weight excluding hydrogens is 200 g/mol. The lowest BCUT2D eigenvalue weighted by Gasteiger charge is -2.11. The Hall–Kier alpha value is -1.15. The van der Waals surface area contributed by atoms with Crippen molar-refractivity contribution in [1.29, 1.82) is 0 Å². The third-order valence-corrected chi connectivity index (χ3v) is 1.85. The van der Waals surface area contributed by atoms with Crippen molar-refractivity contribution in [2.75, 3.05) is 5.75 Å². The van der Waals surface area contributed by atoms with Crippen LogP contribution in [0.15, 0.2) is 0 Å². The van der Waals surface area contributed by atoms with Gasteiger partial charge in [-0.1, -0.05) is 0 Å². The van der Waals surface area contributed by atoms with Crippen molar-refractivity contribution in [1.82, 2.24) is 5.32 Å². The third kappa shape index (κ3) is 6.05. The van der Waals surface area contributed by atoms with E-state index in [9.17, 15) is 18.0 Å². The van der Waals surface area contributed by atoms with Gasteiger partial charge in [0.1, 0.15) is 11.8 Å². The first kappa shape index (κ1) is 11.8. The number of rotatable bonds is 4. The lowest BCUT2D eigenvalue weighted by atomic mass is 10.3.